The Morgan fingerprint density at radius 3 is 2.35 bits per heavy atom. The molecule has 2 amide bonds. The molecule has 4 aromatic carbocycles. The van der Waals surface area contributed by atoms with E-state index in [1.807, 2.05) is 109 Å². The molecule has 1 fully saturated rings. The Morgan fingerprint density at radius 2 is 1.60 bits per heavy atom. The van der Waals surface area contributed by atoms with Crippen LogP contribution in [-0.2, 0) is 38.6 Å². The van der Waals surface area contributed by atoms with Crippen LogP contribution in [0.15, 0.2) is 133 Å². The summed E-state index contributed by atoms with van der Waals surface area (Å²) < 4.78 is 18.9. The van der Waals surface area contributed by atoms with Gasteiger partial charge in [0, 0.05) is 42.8 Å². The van der Waals surface area contributed by atoms with Gasteiger partial charge in [-0.1, -0.05) is 103 Å². The molecule has 4 atom stereocenters. The van der Waals surface area contributed by atoms with E-state index in [1.54, 1.807) is 12.1 Å². The van der Waals surface area contributed by atoms with Gasteiger partial charge in [-0.2, -0.15) is 4.73 Å². The van der Waals surface area contributed by atoms with Crippen LogP contribution >= 0.6 is 11.8 Å². The summed E-state index contributed by atoms with van der Waals surface area (Å²) in [6, 6.07) is 37.1. The Hall–Kier alpha value is -5.20. The van der Waals surface area contributed by atoms with Crippen LogP contribution in [0.1, 0.15) is 46.6 Å². The van der Waals surface area contributed by atoms with Gasteiger partial charge >= 0.3 is 12.0 Å². The van der Waals surface area contributed by atoms with Gasteiger partial charge in [0.2, 0.25) is 0 Å². The summed E-state index contributed by atoms with van der Waals surface area (Å²) in [4.78, 5) is 25.3. The molecular weight excluding hydrogens is 679 g/mol. The molecule has 5 aromatic rings. The minimum atomic E-state index is -0.829. The topological polar surface area (TPSA) is 133 Å². The van der Waals surface area contributed by atoms with Crippen molar-refractivity contribution in [2.75, 3.05) is 12.9 Å². The van der Waals surface area contributed by atoms with Crippen molar-refractivity contribution in [3.8, 4) is 11.1 Å². The lowest BCUT2D eigenvalue weighted by atomic mass is 9.99. The van der Waals surface area contributed by atoms with Gasteiger partial charge in [-0.05, 0) is 51.6 Å². The van der Waals surface area contributed by atoms with E-state index < -0.39 is 24.3 Å². The van der Waals surface area contributed by atoms with Gasteiger partial charge in [0.05, 0.1) is 25.9 Å². The molecule has 0 bridgehead atoms. The summed E-state index contributed by atoms with van der Waals surface area (Å²) in [5, 5.41) is 28.1. The van der Waals surface area contributed by atoms with E-state index in [1.165, 1.54) is 25.1 Å². The summed E-state index contributed by atoms with van der Waals surface area (Å²) >= 11 is 1.45. The number of thioether (sulfide) groups is 1. The van der Waals surface area contributed by atoms with Crippen LogP contribution in [0.4, 0.5) is 4.79 Å². The van der Waals surface area contributed by atoms with E-state index in [-0.39, 0.29) is 25.4 Å². The van der Waals surface area contributed by atoms with Gasteiger partial charge in [0.1, 0.15) is 6.04 Å². The van der Waals surface area contributed by atoms with Crippen LogP contribution in [0.25, 0.3) is 11.1 Å². The van der Waals surface area contributed by atoms with E-state index in [9.17, 15) is 19.9 Å². The SMILES string of the molecule is COC(=O)[C@H](Cc1ccccc1)NC(=O)NCc1cccc(-c2cccc([C@H]3O[C@@H](CSc4cccc[n+]4[O-])C[C@@H](c4ccc(CO)cc4)O3)c2)c1. The number of amides is 2. The number of aromatic nitrogens is 1. The van der Waals surface area contributed by atoms with E-state index in [2.05, 4.69) is 10.6 Å². The summed E-state index contributed by atoms with van der Waals surface area (Å²) in [5.41, 5.74) is 6.32. The van der Waals surface area contributed by atoms with Gasteiger partial charge in [0.25, 0.3) is 5.03 Å². The lowest BCUT2D eigenvalue weighted by Gasteiger charge is -2.36. The molecule has 0 unspecified atom stereocenters. The number of hydrogen-bond donors (Lipinski definition) is 3. The zero-order valence-electron chi connectivity index (χ0n) is 28.7. The summed E-state index contributed by atoms with van der Waals surface area (Å²) in [5.74, 6) is 0.0429. The van der Waals surface area contributed by atoms with Gasteiger partial charge in [-0.15, -0.1) is 0 Å². The van der Waals surface area contributed by atoms with E-state index >= 15 is 0 Å². The fourth-order valence-electron chi connectivity index (χ4n) is 6.03. The molecule has 52 heavy (non-hydrogen) atoms. The number of urea groups is 1. The van der Waals surface area contributed by atoms with E-state index in [4.69, 9.17) is 14.2 Å². The molecule has 1 aliphatic heterocycles. The Labute approximate surface area is 307 Å². The maximum atomic E-state index is 12.9. The number of carbonyl (C=O) groups excluding carboxylic acids is 2. The molecule has 6 rings (SSSR count). The number of esters is 1. The van der Waals surface area contributed by atoms with Crippen molar-refractivity contribution >= 4 is 23.8 Å². The van der Waals surface area contributed by atoms with Crippen molar-refractivity contribution in [3.63, 3.8) is 0 Å². The molecule has 1 saturated heterocycles. The zero-order chi connectivity index (χ0) is 36.3. The molecule has 0 spiro atoms. The second kappa shape index (κ2) is 17.8. The first kappa shape index (κ1) is 36.6. The number of methoxy groups -OCH3 is 1. The van der Waals surface area contributed by atoms with Crippen molar-refractivity contribution < 1.29 is 33.6 Å². The Morgan fingerprint density at radius 1 is 0.865 bits per heavy atom. The Kier molecular flexibility index (Phi) is 12.5. The number of aliphatic hydroxyl groups excluding tert-OH is 1. The van der Waals surface area contributed by atoms with Crippen molar-refractivity contribution in [1.29, 1.82) is 0 Å². The third kappa shape index (κ3) is 9.77. The molecule has 2 heterocycles. The maximum absolute atomic E-state index is 12.9. The number of hydrogen-bond acceptors (Lipinski definition) is 8. The van der Waals surface area contributed by atoms with Crippen LogP contribution in [0.2, 0.25) is 0 Å². The number of nitrogens with one attached hydrogen (secondary N) is 2. The van der Waals surface area contributed by atoms with Gasteiger partial charge in [-0.25, -0.2) is 9.59 Å². The number of nitrogens with zero attached hydrogens (tertiary/aromatic N) is 1. The highest BCUT2D eigenvalue weighted by Gasteiger charge is 2.33. The third-order valence-corrected chi connectivity index (χ3v) is 9.92. The monoisotopic (exact) mass is 719 g/mol. The normalized spacial score (nSPS) is 17.5. The lowest BCUT2D eigenvalue weighted by molar-refractivity contribution is -0.645. The summed E-state index contributed by atoms with van der Waals surface area (Å²) in [6.07, 6.45) is 1.27. The van der Waals surface area contributed by atoms with Crippen LogP contribution in [-0.4, -0.2) is 42.1 Å². The molecule has 0 saturated carbocycles. The summed E-state index contributed by atoms with van der Waals surface area (Å²) in [6.45, 7) is 0.208. The first-order valence-corrected chi connectivity index (χ1v) is 18.0. The molecular formula is C41H41N3O7S. The predicted octanol–water partition coefficient (Wildman–Crippen LogP) is 6.40. The number of ether oxygens (including phenoxy) is 3. The molecule has 3 N–H and O–H groups in total. The highest BCUT2D eigenvalue weighted by atomic mass is 32.2. The highest BCUT2D eigenvalue weighted by molar-refractivity contribution is 7.99. The quantitative estimate of drug-likeness (QED) is 0.0552. The van der Waals surface area contributed by atoms with Crippen LogP contribution in [0, 0.1) is 5.21 Å². The average Bonchev–Trinajstić information content (AvgIpc) is 3.19. The molecule has 268 valence electrons. The van der Waals surface area contributed by atoms with E-state index in [0.717, 1.165) is 43.7 Å². The molecule has 0 radical (unpaired) electrons. The van der Waals surface area contributed by atoms with Crippen LogP contribution < -0.4 is 15.4 Å². The zero-order valence-corrected chi connectivity index (χ0v) is 29.5. The first-order valence-electron chi connectivity index (χ1n) is 17.1. The first-order chi connectivity index (χ1) is 25.4. The second-order valence-corrected chi connectivity index (χ2v) is 13.5. The van der Waals surface area contributed by atoms with Crippen molar-refractivity contribution in [2.45, 2.75) is 55.6 Å². The van der Waals surface area contributed by atoms with Gasteiger partial charge in [0.15, 0.2) is 12.5 Å². The molecule has 11 heteroatoms. The summed E-state index contributed by atoms with van der Waals surface area (Å²) in [7, 11) is 1.30. The van der Waals surface area contributed by atoms with Crippen LogP contribution in [0.3, 0.4) is 0 Å². The maximum Gasteiger partial charge on any atom is 0.328 e. The predicted molar refractivity (Wildman–Crippen MR) is 198 cm³/mol. The Bertz CT molecular complexity index is 1940. The molecule has 10 nitrogen and oxygen atoms in total. The number of benzene rings is 4. The number of rotatable bonds is 13. The Balaban J connectivity index is 1.14. The van der Waals surface area contributed by atoms with E-state index in [0.29, 0.717) is 23.6 Å². The highest BCUT2D eigenvalue weighted by Crippen LogP contribution is 2.40. The number of pyridine rings is 1. The smallest absolute Gasteiger partial charge is 0.328 e. The van der Waals surface area contributed by atoms with Gasteiger partial charge < -0.3 is 35.2 Å². The molecule has 0 aliphatic carbocycles. The molecule has 1 aliphatic rings. The minimum Gasteiger partial charge on any atom is -0.618 e. The van der Waals surface area contributed by atoms with Crippen molar-refractivity contribution in [1.82, 2.24) is 10.6 Å². The number of aliphatic hydroxyl groups is 1. The fourth-order valence-corrected chi connectivity index (χ4v) is 6.96. The standard InChI is InChI=1S/C41H41N3O7S/c1-49-39(46)36(22-28-9-3-2-4-10-28)43-41(47)42-25-30-11-7-12-32(21-30)33-13-8-14-34(23-33)40-50-35(27-52-38-15-5-6-20-44(38)48)24-37(51-40)31-18-16-29(26-45)17-19-31/h2-21,23,35-37,40,45H,22,24-27H2,1H3,(H2,42,43,47)/t35-,36+,37+,40+/m1/s1. The second-order valence-electron chi connectivity index (χ2n) is 12.4. The molecule has 1 aromatic heterocycles. The van der Waals surface area contributed by atoms with Gasteiger partial charge in [-0.3, -0.25) is 0 Å². The third-order valence-electron chi connectivity index (χ3n) is 8.77. The fraction of sp³-hybridized carbons (Fsp3) is 0.244. The van der Waals surface area contributed by atoms with Crippen molar-refractivity contribution in [3.05, 3.63) is 161 Å². The number of carbonyl (C=O) groups is 2. The minimum absolute atomic E-state index is 0.0368. The largest absolute Gasteiger partial charge is 0.618 e. The van der Waals surface area contributed by atoms with Crippen LogP contribution in [0.5, 0.6) is 0 Å². The van der Waals surface area contributed by atoms with Crippen molar-refractivity contribution in [2.24, 2.45) is 0 Å². The lowest BCUT2D eigenvalue weighted by Crippen LogP contribution is -2.47. The average molecular weight is 720 g/mol.